The summed E-state index contributed by atoms with van der Waals surface area (Å²) in [7, 11) is 0. The highest BCUT2D eigenvalue weighted by molar-refractivity contribution is 8.00. The Labute approximate surface area is 171 Å². The number of nitrogen functional groups attached to an aromatic ring is 1. The number of benzene rings is 3. The molecule has 0 spiro atoms. The van der Waals surface area contributed by atoms with E-state index in [0.29, 0.717) is 10.8 Å². The molecule has 4 nitrogen and oxygen atoms in total. The fraction of sp³-hybridized carbons (Fsp3) is 0.0909. The smallest absolute Gasteiger partial charge is 0.239 e. The molecular weight excluding hydrogens is 386 g/mol. The first-order valence-corrected chi connectivity index (χ1v) is 10.6. The summed E-state index contributed by atoms with van der Waals surface area (Å²) in [5.41, 5.74) is 8.40. The highest BCUT2D eigenvalue weighted by Gasteiger charge is 2.16. The van der Waals surface area contributed by atoms with Crippen LogP contribution in [0.1, 0.15) is 6.92 Å². The van der Waals surface area contributed by atoms with Crippen molar-refractivity contribution in [1.29, 1.82) is 0 Å². The lowest BCUT2D eigenvalue weighted by Gasteiger charge is -2.10. The van der Waals surface area contributed by atoms with Gasteiger partial charge in [-0.25, -0.2) is 4.98 Å². The largest absolute Gasteiger partial charge is 0.399 e. The van der Waals surface area contributed by atoms with E-state index < -0.39 is 0 Å². The zero-order chi connectivity index (χ0) is 19.5. The minimum absolute atomic E-state index is 0.0770. The topological polar surface area (TPSA) is 68.0 Å². The van der Waals surface area contributed by atoms with Crippen LogP contribution in [0.5, 0.6) is 0 Å². The lowest BCUT2D eigenvalue weighted by Crippen LogP contribution is -2.22. The summed E-state index contributed by atoms with van der Waals surface area (Å²) in [5.74, 6) is -0.0770. The molecule has 1 heterocycles. The van der Waals surface area contributed by atoms with Gasteiger partial charge in [0.2, 0.25) is 5.91 Å². The minimum Gasteiger partial charge on any atom is -0.399 e. The van der Waals surface area contributed by atoms with Crippen molar-refractivity contribution in [2.75, 3.05) is 11.1 Å². The number of anilines is 2. The molecule has 0 radical (unpaired) electrons. The van der Waals surface area contributed by atoms with E-state index in [2.05, 4.69) is 40.6 Å². The van der Waals surface area contributed by atoms with Gasteiger partial charge in [-0.1, -0.05) is 42.5 Å². The van der Waals surface area contributed by atoms with E-state index in [0.717, 1.165) is 16.2 Å². The molecule has 140 valence electrons. The van der Waals surface area contributed by atoms with Crippen molar-refractivity contribution < 1.29 is 4.79 Å². The Kier molecular flexibility index (Phi) is 5.32. The monoisotopic (exact) mass is 405 g/mol. The number of fused-ring (bicyclic) bond motifs is 1. The third-order valence-electron chi connectivity index (χ3n) is 4.32. The van der Waals surface area contributed by atoms with E-state index in [1.807, 2.05) is 48.7 Å². The molecule has 4 rings (SSSR count). The molecule has 0 fully saturated rings. The zero-order valence-electron chi connectivity index (χ0n) is 15.3. The molecule has 1 atom stereocenters. The summed E-state index contributed by atoms with van der Waals surface area (Å²) >= 11 is 2.91. The number of hydrogen-bond acceptors (Lipinski definition) is 5. The van der Waals surface area contributed by atoms with Gasteiger partial charge in [0.25, 0.3) is 0 Å². The Bertz CT molecular complexity index is 1140. The number of carbonyl (C=O) groups excluding carboxylic acids is 1. The normalized spacial score (nSPS) is 12.0. The molecule has 0 aliphatic heterocycles. The minimum atomic E-state index is -0.255. The summed E-state index contributed by atoms with van der Waals surface area (Å²) in [5, 5.41) is 7.61. The second kappa shape index (κ2) is 8.04. The van der Waals surface area contributed by atoms with Crippen LogP contribution in [0.2, 0.25) is 0 Å². The van der Waals surface area contributed by atoms with Gasteiger partial charge in [0.05, 0.1) is 10.9 Å². The van der Waals surface area contributed by atoms with E-state index >= 15 is 0 Å². The van der Waals surface area contributed by atoms with Crippen LogP contribution in [0.4, 0.5) is 10.8 Å². The molecule has 1 aromatic heterocycles. The second-order valence-corrected chi connectivity index (χ2v) is 8.69. The Hall–Kier alpha value is -2.83. The van der Waals surface area contributed by atoms with E-state index in [4.69, 9.17) is 5.73 Å². The average molecular weight is 406 g/mol. The van der Waals surface area contributed by atoms with Gasteiger partial charge in [0, 0.05) is 21.5 Å². The predicted octanol–water partition coefficient (Wildman–Crippen LogP) is 5.66. The molecule has 3 aromatic carbocycles. The number of nitrogens with one attached hydrogen (secondary N) is 1. The molecule has 0 aliphatic carbocycles. The maximum atomic E-state index is 12.5. The number of nitrogens with zero attached hydrogens (tertiary/aromatic N) is 1. The lowest BCUT2D eigenvalue weighted by molar-refractivity contribution is -0.115. The lowest BCUT2D eigenvalue weighted by atomic mass is 10.1. The van der Waals surface area contributed by atoms with Crippen LogP contribution in [0.15, 0.2) is 77.0 Å². The highest BCUT2D eigenvalue weighted by atomic mass is 32.2. The SMILES string of the molecule is CC(Sc1cccc(N)c1)C(=O)Nc1nc(-c2ccc3ccccc3c2)cs1. The third-order valence-corrected chi connectivity index (χ3v) is 6.17. The number of carbonyl (C=O) groups is 1. The Morgan fingerprint density at radius 3 is 2.71 bits per heavy atom. The van der Waals surface area contributed by atoms with Crippen LogP contribution in [-0.2, 0) is 4.79 Å². The number of thiazole rings is 1. The number of amides is 1. The maximum Gasteiger partial charge on any atom is 0.239 e. The molecule has 6 heteroatoms. The summed E-state index contributed by atoms with van der Waals surface area (Å²) in [4.78, 5) is 18.1. The Morgan fingerprint density at radius 2 is 1.89 bits per heavy atom. The van der Waals surface area contributed by atoms with Gasteiger partial charge >= 0.3 is 0 Å². The molecule has 0 saturated heterocycles. The first-order chi connectivity index (χ1) is 13.6. The summed E-state index contributed by atoms with van der Waals surface area (Å²) in [6.07, 6.45) is 0. The summed E-state index contributed by atoms with van der Waals surface area (Å²) < 4.78 is 0. The summed E-state index contributed by atoms with van der Waals surface area (Å²) in [6, 6.07) is 22.0. The molecular formula is C22H19N3OS2. The average Bonchev–Trinajstić information content (AvgIpc) is 3.16. The van der Waals surface area contributed by atoms with Crippen LogP contribution in [0.3, 0.4) is 0 Å². The van der Waals surface area contributed by atoms with Gasteiger partial charge in [-0.3, -0.25) is 4.79 Å². The third kappa shape index (κ3) is 4.18. The van der Waals surface area contributed by atoms with Crippen molar-refractivity contribution in [3.05, 3.63) is 72.1 Å². The highest BCUT2D eigenvalue weighted by Crippen LogP contribution is 2.29. The van der Waals surface area contributed by atoms with Crippen LogP contribution < -0.4 is 11.1 Å². The van der Waals surface area contributed by atoms with Crippen LogP contribution in [-0.4, -0.2) is 16.1 Å². The van der Waals surface area contributed by atoms with Gasteiger partial charge in [-0.05, 0) is 42.0 Å². The van der Waals surface area contributed by atoms with Gasteiger partial charge in [-0.15, -0.1) is 23.1 Å². The molecule has 3 N–H and O–H groups in total. The quantitative estimate of drug-likeness (QED) is 0.332. The van der Waals surface area contributed by atoms with Crippen molar-refractivity contribution in [2.45, 2.75) is 17.1 Å². The van der Waals surface area contributed by atoms with Crippen LogP contribution in [0, 0.1) is 0 Å². The molecule has 1 unspecified atom stereocenters. The first-order valence-electron chi connectivity index (χ1n) is 8.86. The summed E-state index contributed by atoms with van der Waals surface area (Å²) in [6.45, 7) is 1.88. The fourth-order valence-electron chi connectivity index (χ4n) is 2.86. The Morgan fingerprint density at radius 1 is 1.07 bits per heavy atom. The number of nitrogens with two attached hydrogens (primary N) is 1. The maximum absolute atomic E-state index is 12.5. The van der Waals surface area contributed by atoms with Gasteiger partial charge < -0.3 is 11.1 Å². The zero-order valence-corrected chi connectivity index (χ0v) is 16.9. The molecule has 28 heavy (non-hydrogen) atoms. The molecule has 0 saturated carbocycles. The van der Waals surface area contributed by atoms with Crippen molar-refractivity contribution in [3.63, 3.8) is 0 Å². The van der Waals surface area contributed by atoms with Crippen molar-refractivity contribution >= 4 is 50.6 Å². The fourth-order valence-corrected chi connectivity index (χ4v) is 4.52. The standard InChI is InChI=1S/C22H19N3OS2/c1-14(28-19-8-4-7-18(23)12-19)21(26)25-22-24-20(13-27-22)17-10-9-15-5-2-3-6-16(15)11-17/h2-14H,23H2,1H3,(H,24,25,26). The van der Waals surface area contributed by atoms with Crippen LogP contribution in [0.25, 0.3) is 22.0 Å². The van der Waals surface area contributed by atoms with E-state index in [1.54, 1.807) is 0 Å². The van der Waals surface area contributed by atoms with Gasteiger partial charge in [-0.2, -0.15) is 0 Å². The van der Waals surface area contributed by atoms with E-state index in [-0.39, 0.29) is 11.2 Å². The van der Waals surface area contributed by atoms with E-state index in [9.17, 15) is 4.79 Å². The first kappa shape index (κ1) is 18.5. The predicted molar refractivity (Wildman–Crippen MR) is 120 cm³/mol. The number of hydrogen-bond donors (Lipinski definition) is 2. The van der Waals surface area contributed by atoms with Crippen molar-refractivity contribution in [2.24, 2.45) is 0 Å². The molecule has 0 aliphatic rings. The second-order valence-electron chi connectivity index (χ2n) is 6.42. The van der Waals surface area contributed by atoms with Crippen molar-refractivity contribution in [3.8, 4) is 11.3 Å². The number of thioether (sulfide) groups is 1. The molecule has 0 bridgehead atoms. The molecule has 1 amide bonds. The number of rotatable bonds is 5. The van der Waals surface area contributed by atoms with Crippen LogP contribution >= 0.6 is 23.1 Å². The van der Waals surface area contributed by atoms with Gasteiger partial charge in [0.1, 0.15) is 0 Å². The van der Waals surface area contributed by atoms with Crippen molar-refractivity contribution in [1.82, 2.24) is 4.98 Å². The van der Waals surface area contributed by atoms with Gasteiger partial charge in [0.15, 0.2) is 5.13 Å². The Balaban J connectivity index is 1.45. The van der Waals surface area contributed by atoms with E-state index in [1.165, 1.54) is 33.9 Å². The molecule has 4 aromatic rings. The number of aromatic nitrogens is 1.